The Bertz CT molecular complexity index is 1100. The number of amides is 2. The number of rotatable bonds is 5. The third-order valence-electron chi connectivity index (χ3n) is 5.44. The number of halogens is 1. The molecule has 32 heavy (non-hydrogen) atoms. The number of nitrogens with one attached hydrogen (secondary N) is 1. The molecule has 0 spiro atoms. The Morgan fingerprint density at radius 2 is 1.66 bits per heavy atom. The predicted octanol–water partition coefficient (Wildman–Crippen LogP) is 4.48. The van der Waals surface area contributed by atoms with Crippen molar-refractivity contribution in [1.29, 1.82) is 0 Å². The van der Waals surface area contributed by atoms with Gasteiger partial charge < -0.3 is 10.2 Å². The van der Waals surface area contributed by atoms with Crippen LogP contribution in [0.5, 0.6) is 0 Å². The van der Waals surface area contributed by atoms with Gasteiger partial charge in [0.05, 0.1) is 12.2 Å². The molecule has 0 atom stereocenters. The van der Waals surface area contributed by atoms with Crippen molar-refractivity contribution in [1.82, 2.24) is 14.8 Å². The Balaban J connectivity index is 1.32. The van der Waals surface area contributed by atoms with E-state index in [2.05, 4.69) is 15.2 Å². The first-order chi connectivity index (χ1) is 15.4. The van der Waals surface area contributed by atoms with Crippen LogP contribution in [0.3, 0.4) is 0 Å². The molecule has 8 heteroatoms. The minimum atomic E-state index is -0.0421. The third kappa shape index (κ3) is 5.35. The van der Waals surface area contributed by atoms with Crippen molar-refractivity contribution in [3.63, 3.8) is 0 Å². The number of aromatic nitrogens is 1. The number of hydrogen-bond donors (Lipinski definition) is 1. The summed E-state index contributed by atoms with van der Waals surface area (Å²) in [6, 6.07) is 15.2. The molecule has 2 aromatic carbocycles. The van der Waals surface area contributed by atoms with E-state index in [4.69, 9.17) is 11.6 Å². The molecule has 1 fully saturated rings. The summed E-state index contributed by atoms with van der Waals surface area (Å²) in [5.41, 5.74) is 3.64. The molecule has 1 aromatic heterocycles. The van der Waals surface area contributed by atoms with Crippen molar-refractivity contribution in [2.45, 2.75) is 13.8 Å². The Hall–Kier alpha value is -2.74. The average Bonchev–Trinajstić information content (AvgIpc) is 3.17. The maximum absolute atomic E-state index is 13.1. The highest BCUT2D eigenvalue weighted by Gasteiger charge is 2.26. The molecule has 0 saturated carbocycles. The molecule has 2 heterocycles. The molecule has 0 radical (unpaired) electrons. The quantitative estimate of drug-likeness (QED) is 0.599. The lowest BCUT2D eigenvalue weighted by Gasteiger charge is -2.34. The van der Waals surface area contributed by atoms with Crippen LogP contribution >= 0.6 is 22.9 Å². The maximum atomic E-state index is 13.1. The number of carbonyl (C=O) groups is 2. The van der Waals surface area contributed by atoms with Gasteiger partial charge in [-0.1, -0.05) is 41.4 Å². The van der Waals surface area contributed by atoms with E-state index in [-0.39, 0.29) is 11.8 Å². The lowest BCUT2D eigenvalue weighted by Crippen LogP contribution is -2.50. The van der Waals surface area contributed by atoms with E-state index >= 15 is 0 Å². The van der Waals surface area contributed by atoms with Crippen molar-refractivity contribution in [2.24, 2.45) is 0 Å². The third-order valence-corrected chi connectivity index (χ3v) is 6.89. The molecule has 6 nitrogen and oxygen atoms in total. The van der Waals surface area contributed by atoms with Crippen molar-refractivity contribution in [2.75, 3.05) is 38.0 Å². The average molecular weight is 469 g/mol. The number of benzene rings is 2. The fourth-order valence-corrected chi connectivity index (χ4v) is 4.77. The van der Waals surface area contributed by atoms with Gasteiger partial charge in [0.25, 0.3) is 5.91 Å². The summed E-state index contributed by atoms with van der Waals surface area (Å²) in [4.78, 5) is 34.6. The summed E-state index contributed by atoms with van der Waals surface area (Å²) in [6.07, 6.45) is 0. The number of piperazine rings is 1. The summed E-state index contributed by atoms with van der Waals surface area (Å²) in [5, 5.41) is 4.41. The second-order valence-electron chi connectivity index (χ2n) is 7.92. The van der Waals surface area contributed by atoms with Gasteiger partial charge in [-0.25, -0.2) is 4.98 Å². The molecule has 166 valence electrons. The summed E-state index contributed by atoms with van der Waals surface area (Å²) in [6.45, 7) is 6.70. The summed E-state index contributed by atoms with van der Waals surface area (Å²) < 4.78 is 0. The zero-order valence-electron chi connectivity index (χ0n) is 18.1. The van der Waals surface area contributed by atoms with Crippen molar-refractivity contribution in [3.8, 4) is 10.6 Å². The monoisotopic (exact) mass is 468 g/mol. The van der Waals surface area contributed by atoms with Crippen LogP contribution in [0.4, 0.5) is 5.69 Å². The van der Waals surface area contributed by atoms with Gasteiger partial charge in [-0.15, -0.1) is 11.3 Å². The van der Waals surface area contributed by atoms with Gasteiger partial charge in [-0.3, -0.25) is 14.5 Å². The standard InChI is InChI=1S/C24H25ClN4O2S/c1-16-3-9-20(10-4-16)27-21(30)15-28-11-13-29(14-12-28)24(31)22-17(2)26-23(32-22)18-5-7-19(25)8-6-18/h3-10H,11-15H2,1-2H3,(H,27,30). The van der Waals surface area contributed by atoms with Crippen LogP contribution in [-0.2, 0) is 4.79 Å². The smallest absolute Gasteiger partial charge is 0.265 e. The Morgan fingerprint density at radius 3 is 2.31 bits per heavy atom. The minimum Gasteiger partial charge on any atom is -0.335 e. The molecule has 0 bridgehead atoms. The first-order valence-corrected chi connectivity index (χ1v) is 11.7. The van der Waals surface area contributed by atoms with Gasteiger partial charge in [-0.05, 0) is 38.1 Å². The minimum absolute atomic E-state index is 0.00368. The topological polar surface area (TPSA) is 65.5 Å². The van der Waals surface area contributed by atoms with Crippen molar-refractivity contribution >= 4 is 40.4 Å². The lowest BCUT2D eigenvalue weighted by molar-refractivity contribution is -0.117. The van der Waals surface area contributed by atoms with E-state index < -0.39 is 0 Å². The number of anilines is 1. The van der Waals surface area contributed by atoms with E-state index in [1.165, 1.54) is 11.3 Å². The highest BCUT2D eigenvalue weighted by atomic mass is 35.5. The van der Waals surface area contributed by atoms with Gasteiger partial charge in [0.1, 0.15) is 9.88 Å². The van der Waals surface area contributed by atoms with Crippen LogP contribution in [0, 0.1) is 13.8 Å². The molecule has 3 aromatic rings. The van der Waals surface area contributed by atoms with E-state index in [1.807, 2.05) is 67.3 Å². The number of aryl methyl sites for hydroxylation is 2. The van der Waals surface area contributed by atoms with Gasteiger partial charge in [-0.2, -0.15) is 0 Å². The number of thiazole rings is 1. The second kappa shape index (κ2) is 9.81. The summed E-state index contributed by atoms with van der Waals surface area (Å²) >= 11 is 7.38. The Morgan fingerprint density at radius 1 is 1.00 bits per heavy atom. The van der Waals surface area contributed by atoms with E-state index in [0.29, 0.717) is 42.6 Å². The molecule has 1 N–H and O–H groups in total. The number of nitrogens with zero attached hydrogens (tertiary/aromatic N) is 3. The second-order valence-corrected chi connectivity index (χ2v) is 9.36. The molecular formula is C24H25ClN4O2S. The van der Waals surface area contributed by atoms with Crippen LogP contribution in [0.15, 0.2) is 48.5 Å². The fraction of sp³-hybridized carbons (Fsp3) is 0.292. The van der Waals surface area contributed by atoms with Crippen molar-refractivity contribution < 1.29 is 9.59 Å². The Labute approximate surface area is 196 Å². The van der Waals surface area contributed by atoms with E-state index in [1.54, 1.807) is 0 Å². The van der Waals surface area contributed by atoms with Gasteiger partial charge >= 0.3 is 0 Å². The Kier molecular flexibility index (Phi) is 6.89. The van der Waals surface area contributed by atoms with E-state index in [9.17, 15) is 9.59 Å². The van der Waals surface area contributed by atoms with Crippen LogP contribution in [0.25, 0.3) is 10.6 Å². The van der Waals surface area contributed by atoms with Gasteiger partial charge in [0, 0.05) is 42.5 Å². The molecule has 0 aliphatic carbocycles. The van der Waals surface area contributed by atoms with Gasteiger partial charge in [0.2, 0.25) is 5.91 Å². The first kappa shape index (κ1) is 22.5. The highest BCUT2D eigenvalue weighted by Crippen LogP contribution is 2.29. The molecule has 1 saturated heterocycles. The molecule has 1 aliphatic rings. The highest BCUT2D eigenvalue weighted by molar-refractivity contribution is 7.17. The fourth-order valence-electron chi connectivity index (χ4n) is 3.60. The summed E-state index contributed by atoms with van der Waals surface area (Å²) in [7, 11) is 0. The largest absolute Gasteiger partial charge is 0.335 e. The molecular weight excluding hydrogens is 444 g/mol. The predicted molar refractivity (Wildman–Crippen MR) is 129 cm³/mol. The molecule has 0 unspecified atom stereocenters. The van der Waals surface area contributed by atoms with Crippen LogP contribution < -0.4 is 5.32 Å². The lowest BCUT2D eigenvalue weighted by atomic mass is 10.2. The number of carbonyl (C=O) groups excluding carboxylic acids is 2. The van der Waals surface area contributed by atoms with Crippen LogP contribution in [0.1, 0.15) is 20.9 Å². The van der Waals surface area contributed by atoms with Crippen molar-refractivity contribution in [3.05, 3.63) is 69.7 Å². The summed E-state index contributed by atoms with van der Waals surface area (Å²) in [5.74, 6) is -0.0384. The number of hydrogen-bond acceptors (Lipinski definition) is 5. The zero-order valence-corrected chi connectivity index (χ0v) is 19.7. The van der Waals surface area contributed by atoms with Crippen LogP contribution in [0.2, 0.25) is 5.02 Å². The SMILES string of the molecule is Cc1ccc(NC(=O)CN2CCN(C(=O)c3sc(-c4ccc(Cl)cc4)nc3C)CC2)cc1. The molecule has 2 amide bonds. The normalized spacial score (nSPS) is 14.4. The maximum Gasteiger partial charge on any atom is 0.265 e. The van der Waals surface area contributed by atoms with E-state index in [0.717, 1.165) is 27.5 Å². The molecule has 1 aliphatic heterocycles. The van der Waals surface area contributed by atoms with Crippen LogP contribution in [-0.4, -0.2) is 59.3 Å². The molecule has 4 rings (SSSR count). The zero-order chi connectivity index (χ0) is 22.7. The first-order valence-electron chi connectivity index (χ1n) is 10.5. The van der Waals surface area contributed by atoms with Gasteiger partial charge in [0.15, 0.2) is 0 Å².